The molecule has 148 valence electrons. The van der Waals surface area contributed by atoms with Crippen LogP contribution in [-0.4, -0.2) is 30.6 Å². The first kappa shape index (κ1) is 21.6. The molecule has 27 heavy (non-hydrogen) atoms. The Morgan fingerprint density at radius 1 is 1.07 bits per heavy atom. The molecule has 0 bridgehead atoms. The van der Waals surface area contributed by atoms with Crippen LogP contribution in [0.3, 0.4) is 0 Å². The van der Waals surface area contributed by atoms with Gasteiger partial charge in [0.15, 0.2) is 5.78 Å². The van der Waals surface area contributed by atoms with E-state index in [4.69, 9.17) is 4.74 Å². The summed E-state index contributed by atoms with van der Waals surface area (Å²) >= 11 is 3.07. The maximum atomic E-state index is 12.7. The van der Waals surface area contributed by atoms with Gasteiger partial charge in [-0.2, -0.15) is 0 Å². The molecule has 0 spiro atoms. The number of nitrogens with one attached hydrogen (secondary N) is 2. The highest BCUT2D eigenvalue weighted by atomic mass is 32.1. The van der Waals surface area contributed by atoms with Crippen LogP contribution in [0.1, 0.15) is 60.6 Å². The Morgan fingerprint density at radius 3 is 2.44 bits per heavy atom. The van der Waals surface area contributed by atoms with E-state index in [0.717, 1.165) is 35.6 Å². The summed E-state index contributed by atoms with van der Waals surface area (Å²) in [5.74, 6) is 0.120. The number of thiophene rings is 2. The van der Waals surface area contributed by atoms with E-state index in [2.05, 4.69) is 10.6 Å². The summed E-state index contributed by atoms with van der Waals surface area (Å²) in [6, 6.07) is 7.44. The third-order valence-electron chi connectivity index (χ3n) is 3.73. The molecule has 1 unspecified atom stereocenters. The van der Waals surface area contributed by atoms with Gasteiger partial charge in [0.25, 0.3) is 0 Å². The van der Waals surface area contributed by atoms with Crippen molar-refractivity contribution in [3.8, 4) is 0 Å². The first-order valence-electron chi connectivity index (χ1n) is 9.16. The predicted octanol–water partition coefficient (Wildman–Crippen LogP) is 5.02. The minimum Gasteiger partial charge on any atom is -0.450 e. The molecular formula is C20H28N2O3S2. The van der Waals surface area contributed by atoms with Gasteiger partial charge in [0.05, 0.1) is 11.5 Å². The molecule has 2 heterocycles. The van der Waals surface area contributed by atoms with E-state index in [9.17, 15) is 9.59 Å². The average molecular weight is 409 g/mol. The van der Waals surface area contributed by atoms with Crippen LogP contribution in [0.2, 0.25) is 0 Å². The van der Waals surface area contributed by atoms with Crippen LogP contribution in [0.5, 0.6) is 0 Å². The highest BCUT2D eigenvalue weighted by Crippen LogP contribution is 2.25. The monoisotopic (exact) mass is 408 g/mol. The van der Waals surface area contributed by atoms with Crippen molar-refractivity contribution in [1.82, 2.24) is 10.6 Å². The van der Waals surface area contributed by atoms with Crippen molar-refractivity contribution < 1.29 is 14.3 Å². The lowest BCUT2D eigenvalue weighted by Gasteiger charge is -2.20. The van der Waals surface area contributed by atoms with Gasteiger partial charge in [-0.1, -0.05) is 12.1 Å². The first-order valence-corrected chi connectivity index (χ1v) is 10.9. The number of ether oxygens (including phenoxy) is 1. The molecule has 7 heteroatoms. The zero-order valence-electron chi connectivity index (χ0n) is 16.1. The number of alkyl carbamates (subject to hydrolysis) is 1. The molecule has 0 saturated carbocycles. The lowest BCUT2D eigenvalue weighted by atomic mass is 10.1. The average Bonchev–Trinajstić information content (AvgIpc) is 3.28. The van der Waals surface area contributed by atoms with E-state index in [-0.39, 0.29) is 23.5 Å². The van der Waals surface area contributed by atoms with Crippen molar-refractivity contribution >= 4 is 34.6 Å². The van der Waals surface area contributed by atoms with Crippen molar-refractivity contribution in [3.05, 3.63) is 44.8 Å². The number of hydrogen-bond donors (Lipinski definition) is 2. The molecular weight excluding hydrogens is 380 g/mol. The molecule has 0 aromatic carbocycles. The highest BCUT2D eigenvalue weighted by molar-refractivity contribution is 7.12. The van der Waals surface area contributed by atoms with Crippen LogP contribution < -0.4 is 10.6 Å². The number of unbranched alkanes of at least 4 members (excludes halogenated alkanes) is 2. The van der Waals surface area contributed by atoms with E-state index in [1.807, 2.05) is 55.8 Å². The summed E-state index contributed by atoms with van der Waals surface area (Å²) < 4.78 is 5.17. The van der Waals surface area contributed by atoms with Gasteiger partial charge in [0.2, 0.25) is 0 Å². The van der Waals surface area contributed by atoms with Crippen LogP contribution in [0.25, 0.3) is 0 Å². The fourth-order valence-corrected chi connectivity index (χ4v) is 3.99. The molecule has 1 amide bonds. The van der Waals surface area contributed by atoms with E-state index in [1.54, 1.807) is 11.3 Å². The Bertz CT molecular complexity index is 691. The highest BCUT2D eigenvalue weighted by Gasteiger charge is 2.23. The molecule has 0 saturated heterocycles. The van der Waals surface area contributed by atoms with Gasteiger partial charge in [0, 0.05) is 10.4 Å². The number of carbonyl (C=O) groups is 2. The van der Waals surface area contributed by atoms with Crippen LogP contribution in [-0.2, 0) is 4.74 Å². The van der Waals surface area contributed by atoms with E-state index >= 15 is 0 Å². The molecule has 0 aliphatic carbocycles. The number of Topliss-reactive ketones (excluding diaryl/α,β-unsaturated/α-hetero) is 1. The minimum absolute atomic E-state index is 0.120. The minimum atomic E-state index is -0.375. The van der Waals surface area contributed by atoms with Crippen LogP contribution in [0.15, 0.2) is 35.0 Å². The number of amides is 1. The number of hydrogen-bond acceptors (Lipinski definition) is 6. The van der Waals surface area contributed by atoms with Gasteiger partial charge in [-0.15, -0.1) is 22.7 Å². The summed E-state index contributed by atoms with van der Waals surface area (Å²) in [5.41, 5.74) is -0.285. The van der Waals surface area contributed by atoms with Crippen LogP contribution in [0.4, 0.5) is 4.79 Å². The molecule has 2 rings (SSSR count). The number of carbonyl (C=O) groups excluding carboxylic acids is 2. The van der Waals surface area contributed by atoms with Gasteiger partial charge >= 0.3 is 6.09 Å². The van der Waals surface area contributed by atoms with E-state index in [1.165, 1.54) is 11.3 Å². The third kappa shape index (κ3) is 7.82. The fraction of sp³-hybridized carbons (Fsp3) is 0.500. The SMILES string of the molecule is CC(C)(C)NC(=O)OCCCCCNC(C(=O)c1cccs1)c1cccs1. The largest absolute Gasteiger partial charge is 0.450 e. The second-order valence-corrected chi connectivity index (χ2v) is 9.24. The summed E-state index contributed by atoms with van der Waals surface area (Å²) in [4.78, 5) is 26.1. The quantitative estimate of drug-likeness (QED) is 0.428. The van der Waals surface area contributed by atoms with Gasteiger partial charge in [-0.25, -0.2) is 4.79 Å². The zero-order valence-corrected chi connectivity index (χ0v) is 17.8. The maximum absolute atomic E-state index is 12.7. The normalized spacial score (nSPS) is 12.6. The second-order valence-electron chi connectivity index (χ2n) is 7.32. The van der Waals surface area contributed by atoms with Crippen molar-refractivity contribution in [2.45, 2.75) is 51.6 Å². The Kier molecular flexibility index (Phi) is 8.47. The summed E-state index contributed by atoms with van der Waals surface area (Å²) in [6.07, 6.45) is 2.28. The van der Waals surface area contributed by atoms with Gasteiger partial charge in [-0.3, -0.25) is 4.79 Å². The Morgan fingerprint density at radius 2 is 1.81 bits per heavy atom. The van der Waals surface area contributed by atoms with Crippen LogP contribution in [0, 0.1) is 0 Å². The number of ketones is 1. The van der Waals surface area contributed by atoms with Gasteiger partial charge in [-0.05, 0) is 69.5 Å². The summed E-state index contributed by atoms with van der Waals surface area (Å²) in [5, 5.41) is 10.1. The van der Waals surface area contributed by atoms with Crippen LogP contribution >= 0.6 is 22.7 Å². The lowest BCUT2D eigenvalue weighted by molar-refractivity contribution is 0.0947. The summed E-state index contributed by atoms with van der Waals surface area (Å²) in [6.45, 7) is 6.91. The molecule has 2 aromatic rings. The molecule has 2 aromatic heterocycles. The zero-order chi connectivity index (χ0) is 19.7. The smallest absolute Gasteiger partial charge is 0.407 e. The van der Waals surface area contributed by atoms with Crippen molar-refractivity contribution in [2.24, 2.45) is 0 Å². The van der Waals surface area contributed by atoms with Gasteiger partial charge in [0.1, 0.15) is 6.04 Å². The Labute approximate surface area is 169 Å². The summed E-state index contributed by atoms with van der Waals surface area (Å²) in [7, 11) is 0. The molecule has 0 radical (unpaired) electrons. The van der Waals surface area contributed by atoms with Crippen molar-refractivity contribution in [1.29, 1.82) is 0 Å². The predicted molar refractivity (Wildman–Crippen MR) is 112 cm³/mol. The topological polar surface area (TPSA) is 67.4 Å². The Hall–Kier alpha value is -1.70. The molecule has 2 N–H and O–H groups in total. The Balaban J connectivity index is 1.69. The van der Waals surface area contributed by atoms with Gasteiger partial charge < -0.3 is 15.4 Å². The van der Waals surface area contributed by atoms with E-state index < -0.39 is 0 Å². The molecule has 0 aliphatic heterocycles. The fourth-order valence-electron chi connectivity index (χ4n) is 2.50. The maximum Gasteiger partial charge on any atom is 0.407 e. The standard InChI is InChI=1S/C20H28N2O3S2/c1-20(2,3)22-19(24)25-12-6-4-5-11-21-17(15-9-7-13-26-15)18(23)16-10-8-14-27-16/h7-10,13-14,17,21H,4-6,11-12H2,1-3H3,(H,22,24). The second kappa shape index (κ2) is 10.6. The molecule has 5 nitrogen and oxygen atoms in total. The molecule has 0 aliphatic rings. The molecule has 0 fully saturated rings. The first-order chi connectivity index (χ1) is 12.9. The molecule has 1 atom stereocenters. The lowest BCUT2D eigenvalue weighted by Crippen LogP contribution is -2.41. The van der Waals surface area contributed by atoms with Crippen molar-refractivity contribution in [3.63, 3.8) is 0 Å². The number of rotatable bonds is 10. The third-order valence-corrected chi connectivity index (χ3v) is 5.56. The van der Waals surface area contributed by atoms with E-state index in [0.29, 0.717) is 6.61 Å². The van der Waals surface area contributed by atoms with Crippen molar-refractivity contribution in [2.75, 3.05) is 13.2 Å².